The van der Waals surface area contributed by atoms with E-state index >= 15 is 0 Å². The lowest BCUT2D eigenvalue weighted by Crippen LogP contribution is -2.65. The van der Waals surface area contributed by atoms with Crippen LogP contribution >= 0.6 is 0 Å². The van der Waals surface area contributed by atoms with Gasteiger partial charge in [-0.1, -0.05) is 89.0 Å². The van der Waals surface area contributed by atoms with E-state index in [2.05, 4.69) is 70.7 Å². The lowest BCUT2D eigenvalue weighted by atomic mass is 10.1. The Balaban J connectivity index is 2.56. The molecule has 3 heteroatoms. The van der Waals surface area contributed by atoms with E-state index in [1.165, 1.54) is 44.6 Å². The molecule has 2 rings (SSSR count). The number of unbranched alkanes of at least 4 members (excludes halogenated alkanes) is 2. The zero-order valence-corrected chi connectivity index (χ0v) is 18.8. The van der Waals surface area contributed by atoms with Crippen LogP contribution < -0.4 is 5.19 Å². The first-order valence-corrected chi connectivity index (χ1v) is 15.6. The lowest BCUT2D eigenvalue weighted by molar-refractivity contribution is 0.223. The predicted molar refractivity (Wildman–Crippen MR) is 112 cm³/mol. The fourth-order valence-corrected chi connectivity index (χ4v) is 18.1. The molecular weight excluding hydrogens is 324 g/mol. The quantitative estimate of drug-likeness (QED) is 0.392. The van der Waals surface area contributed by atoms with Crippen molar-refractivity contribution in [3.63, 3.8) is 0 Å². The summed E-state index contributed by atoms with van der Waals surface area (Å²) in [6.07, 6.45) is 8.55. The van der Waals surface area contributed by atoms with Crippen molar-refractivity contribution in [2.24, 2.45) is 0 Å². The van der Waals surface area contributed by atoms with Gasteiger partial charge in [-0.15, -0.1) is 0 Å². The number of rotatable bonds is 8. The minimum atomic E-state index is -1.97. The summed E-state index contributed by atoms with van der Waals surface area (Å²) in [6.45, 7) is 14.6. The van der Waals surface area contributed by atoms with E-state index in [4.69, 9.17) is 4.43 Å². The molecule has 1 saturated heterocycles. The second kappa shape index (κ2) is 7.88. The Labute approximate surface area is 152 Å². The zero-order chi connectivity index (χ0) is 17.8. The molecular formula is C21H38OSi2. The molecule has 136 valence electrons. The van der Waals surface area contributed by atoms with Gasteiger partial charge in [-0.25, -0.2) is 0 Å². The van der Waals surface area contributed by atoms with E-state index < -0.39 is 16.4 Å². The van der Waals surface area contributed by atoms with Gasteiger partial charge in [0.25, 0.3) is 0 Å². The first-order chi connectivity index (χ1) is 11.3. The van der Waals surface area contributed by atoms with Crippen LogP contribution in [0.15, 0.2) is 30.3 Å². The highest BCUT2D eigenvalue weighted by Crippen LogP contribution is 2.61. The second-order valence-corrected chi connectivity index (χ2v) is 18.9. The fraction of sp³-hybridized carbons (Fsp3) is 0.714. The number of benzene rings is 1. The van der Waals surface area contributed by atoms with Crippen LogP contribution in [0.4, 0.5) is 0 Å². The van der Waals surface area contributed by atoms with Crippen LogP contribution in [0, 0.1) is 0 Å². The van der Waals surface area contributed by atoms with Crippen LogP contribution in [0.3, 0.4) is 0 Å². The second-order valence-electron chi connectivity index (χ2n) is 9.00. The van der Waals surface area contributed by atoms with Crippen LogP contribution in [0.5, 0.6) is 0 Å². The third-order valence-corrected chi connectivity index (χ3v) is 18.3. The normalized spacial score (nSPS) is 27.8. The van der Waals surface area contributed by atoms with Crippen LogP contribution in [-0.2, 0) is 4.43 Å². The van der Waals surface area contributed by atoms with Crippen molar-refractivity contribution in [2.75, 3.05) is 0 Å². The molecule has 1 aromatic rings. The Hall–Kier alpha value is -0.386. The molecule has 1 nitrogen and oxygen atoms in total. The molecule has 2 atom stereocenters. The molecule has 0 aliphatic carbocycles. The van der Waals surface area contributed by atoms with E-state index in [1.807, 2.05) is 0 Å². The van der Waals surface area contributed by atoms with Crippen molar-refractivity contribution in [2.45, 2.75) is 95.7 Å². The van der Waals surface area contributed by atoms with Gasteiger partial charge in [0.15, 0.2) is 0 Å². The minimum absolute atomic E-state index is 0.330. The van der Waals surface area contributed by atoms with Crippen molar-refractivity contribution in [1.82, 2.24) is 0 Å². The highest BCUT2D eigenvalue weighted by molar-refractivity contribution is 7.04. The summed E-state index contributed by atoms with van der Waals surface area (Å²) in [4.78, 5) is 0. The first-order valence-electron chi connectivity index (χ1n) is 10.0. The van der Waals surface area contributed by atoms with Gasteiger partial charge < -0.3 is 4.43 Å². The monoisotopic (exact) mass is 362 g/mol. The number of hydrogen-bond acceptors (Lipinski definition) is 1. The SMILES string of the molecule is CCCCCC1([Si](C)(C)C)CCC[Si]1(OC(C)C)c1ccccc1. The molecule has 0 bridgehead atoms. The van der Waals surface area contributed by atoms with Gasteiger partial charge in [0.1, 0.15) is 0 Å². The van der Waals surface area contributed by atoms with Crippen molar-refractivity contribution in [3.8, 4) is 0 Å². The van der Waals surface area contributed by atoms with Crippen LogP contribution in [0.1, 0.15) is 59.3 Å². The molecule has 0 aromatic heterocycles. The molecule has 2 unspecified atom stereocenters. The van der Waals surface area contributed by atoms with E-state index in [-0.39, 0.29) is 0 Å². The summed E-state index contributed by atoms with van der Waals surface area (Å²) in [5, 5.41) is 1.56. The molecule has 1 aliphatic heterocycles. The molecule has 0 N–H and O–H groups in total. The van der Waals surface area contributed by atoms with Crippen molar-refractivity contribution < 1.29 is 4.43 Å². The van der Waals surface area contributed by atoms with Gasteiger partial charge in [0, 0.05) is 6.10 Å². The van der Waals surface area contributed by atoms with Gasteiger partial charge in [-0.2, -0.15) is 0 Å². The maximum absolute atomic E-state index is 7.03. The maximum Gasteiger partial charge on any atom is 0.228 e. The Bertz CT molecular complexity index is 508. The molecule has 1 aromatic carbocycles. The van der Waals surface area contributed by atoms with Gasteiger partial charge in [0.2, 0.25) is 8.32 Å². The Kier molecular flexibility index (Phi) is 6.54. The topological polar surface area (TPSA) is 9.23 Å². The summed E-state index contributed by atoms with van der Waals surface area (Å²) in [7, 11) is -3.35. The summed E-state index contributed by atoms with van der Waals surface area (Å²) in [5.41, 5.74) is 0. The van der Waals surface area contributed by atoms with Crippen molar-refractivity contribution in [1.29, 1.82) is 0 Å². The Morgan fingerprint density at radius 3 is 2.33 bits per heavy atom. The van der Waals surface area contributed by atoms with Crippen LogP contribution in [0.25, 0.3) is 0 Å². The van der Waals surface area contributed by atoms with E-state index in [0.29, 0.717) is 10.8 Å². The average molecular weight is 363 g/mol. The molecule has 1 fully saturated rings. The van der Waals surface area contributed by atoms with Gasteiger partial charge >= 0.3 is 0 Å². The Morgan fingerprint density at radius 1 is 1.12 bits per heavy atom. The molecule has 1 aliphatic rings. The first kappa shape index (κ1) is 19.9. The van der Waals surface area contributed by atoms with Gasteiger partial charge in [-0.3, -0.25) is 0 Å². The maximum atomic E-state index is 7.03. The molecule has 0 radical (unpaired) electrons. The highest BCUT2D eigenvalue weighted by Gasteiger charge is 2.64. The summed E-state index contributed by atoms with van der Waals surface area (Å²) in [6, 6.07) is 12.7. The van der Waals surface area contributed by atoms with E-state index in [9.17, 15) is 0 Å². The largest absolute Gasteiger partial charge is 0.410 e. The predicted octanol–water partition coefficient (Wildman–Crippen LogP) is 6.26. The van der Waals surface area contributed by atoms with Gasteiger partial charge in [-0.05, 0) is 36.2 Å². The third-order valence-electron chi connectivity index (χ3n) is 6.23. The fourth-order valence-electron chi connectivity index (χ4n) is 5.21. The lowest BCUT2D eigenvalue weighted by Gasteiger charge is -2.52. The molecule has 0 amide bonds. The zero-order valence-electron chi connectivity index (χ0n) is 16.8. The summed E-state index contributed by atoms with van der Waals surface area (Å²) >= 11 is 0. The summed E-state index contributed by atoms with van der Waals surface area (Å²) < 4.78 is 7.52. The summed E-state index contributed by atoms with van der Waals surface area (Å²) in [5.74, 6) is 0. The Morgan fingerprint density at radius 2 is 1.79 bits per heavy atom. The highest BCUT2D eigenvalue weighted by atomic mass is 28.4. The van der Waals surface area contributed by atoms with Crippen molar-refractivity contribution >= 4 is 21.6 Å². The molecule has 1 heterocycles. The number of hydrogen-bond donors (Lipinski definition) is 0. The van der Waals surface area contributed by atoms with Crippen molar-refractivity contribution in [3.05, 3.63) is 30.3 Å². The average Bonchev–Trinajstić information content (AvgIpc) is 2.88. The van der Waals surface area contributed by atoms with E-state index in [1.54, 1.807) is 5.19 Å². The van der Waals surface area contributed by atoms with E-state index in [0.717, 1.165) is 0 Å². The molecule has 0 spiro atoms. The molecule has 24 heavy (non-hydrogen) atoms. The molecule has 0 saturated carbocycles. The minimum Gasteiger partial charge on any atom is -0.410 e. The standard InChI is InChI=1S/C21H38OSi2/c1-7-8-12-16-21(23(4,5)6)17-13-18-24(21,22-19(2)3)20-14-10-9-11-15-20/h9-11,14-15,19H,7-8,12-13,16-18H2,1-6H3. The smallest absolute Gasteiger partial charge is 0.228 e. The van der Waals surface area contributed by atoms with Crippen LogP contribution in [-0.4, -0.2) is 22.5 Å². The third kappa shape index (κ3) is 3.59. The van der Waals surface area contributed by atoms with Gasteiger partial charge in [0.05, 0.1) is 8.07 Å². The van der Waals surface area contributed by atoms with Crippen LogP contribution in [0.2, 0.25) is 30.3 Å².